The molecule has 0 aliphatic carbocycles. The monoisotopic (exact) mass is 571 g/mol. The molecule has 40 heavy (non-hydrogen) atoms. The van der Waals surface area contributed by atoms with Gasteiger partial charge >= 0.3 is 0 Å². The fraction of sp³-hybridized carbons (Fsp3) is 0.478. The summed E-state index contributed by atoms with van der Waals surface area (Å²) in [6.45, 7) is 7.64. The number of nitrogens with one attached hydrogen (secondary N) is 3. The highest BCUT2D eigenvalue weighted by Gasteiger charge is 2.23. The third kappa shape index (κ3) is 7.96. The van der Waals surface area contributed by atoms with Crippen LogP contribution in [0.4, 0.5) is 29.2 Å². The van der Waals surface area contributed by atoms with E-state index in [1.54, 1.807) is 25.6 Å². The van der Waals surface area contributed by atoms with Crippen molar-refractivity contribution in [3.63, 3.8) is 0 Å². The van der Waals surface area contributed by atoms with Gasteiger partial charge in [0.05, 0.1) is 6.61 Å². The van der Waals surface area contributed by atoms with Crippen molar-refractivity contribution < 1.29 is 13.2 Å². The second kappa shape index (κ2) is 13.8. The van der Waals surface area contributed by atoms with Gasteiger partial charge in [0.25, 0.3) is 11.9 Å². The molecule has 1 unspecified atom stereocenters. The van der Waals surface area contributed by atoms with Crippen LogP contribution in [0.3, 0.4) is 0 Å². The predicted octanol–water partition coefficient (Wildman–Crippen LogP) is 2.17. The molecule has 3 N–H and O–H groups in total. The molecule has 0 aromatic carbocycles. The van der Waals surface area contributed by atoms with Crippen LogP contribution in [0.2, 0.25) is 0 Å². The van der Waals surface area contributed by atoms with Crippen molar-refractivity contribution in [2.45, 2.75) is 32.2 Å². The largest absolute Gasteiger partial charge is 0.383 e. The molecule has 1 fully saturated rings. The molecule has 0 bridgehead atoms. The van der Waals surface area contributed by atoms with Gasteiger partial charge in [0.15, 0.2) is 17.3 Å². The Balaban J connectivity index is 1.66. The zero-order chi connectivity index (χ0) is 28.4. The minimum Gasteiger partial charge on any atom is -0.383 e. The number of hydrogen-bond acceptors (Lipinski definition) is 14. The molecule has 0 saturated carbocycles. The van der Waals surface area contributed by atoms with Crippen molar-refractivity contribution >= 4 is 39.2 Å². The minimum absolute atomic E-state index is 0.108. The highest BCUT2D eigenvalue weighted by atomic mass is 32.2. The van der Waals surface area contributed by atoms with Gasteiger partial charge in [0.2, 0.25) is 16.0 Å². The number of rotatable bonds is 14. The summed E-state index contributed by atoms with van der Waals surface area (Å²) in [5.41, 5.74) is 0.426. The van der Waals surface area contributed by atoms with E-state index in [1.165, 1.54) is 11.0 Å². The van der Waals surface area contributed by atoms with Gasteiger partial charge in [-0.1, -0.05) is 6.58 Å². The number of sulfonamides is 1. The molecule has 1 aliphatic rings. The summed E-state index contributed by atoms with van der Waals surface area (Å²) < 4.78 is 32.5. The number of hydrogen-bond donors (Lipinski definition) is 3. The van der Waals surface area contributed by atoms with Crippen LogP contribution in [-0.4, -0.2) is 89.1 Å². The Morgan fingerprint density at radius 1 is 1.12 bits per heavy atom. The van der Waals surface area contributed by atoms with Crippen molar-refractivity contribution in [2.24, 2.45) is 10.2 Å². The molecule has 0 radical (unpaired) electrons. The molecule has 1 atom stereocenters. The molecule has 4 rings (SSSR count). The Kier molecular flexibility index (Phi) is 9.98. The normalized spacial score (nSPS) is 14.8. The Hall–Kier alpha value is -4.09. The van der Waals surface area contributed by atoms with E-state index < -0.39 is 10.0 Å². The topological polar surface area (TPSA) is 190 Å². The Morgan fingerprint density at radius 2 is 1.90 bits per heavy atom. The first kappa shape index (κ1) is 28.9. The van der Waals surface area contributed by atoms with Crippen molar-refractivity contribution in [1.82, 2.24) is 39.4 Å². The van der Waals surface area contributed by atoms with E-state index in [1.807, 2.05) is 6.92 Å². The standard InChI is InChI=1S/C23H33N13O3S/c1-4-40(37,38)28-12-11-24-21-30-19(29-17(2)15-39-3)18(20(31-21)35-13-6-5-7-14-35)32-33-22-27-16-36(34-22)23-25-9-8-10-26-23/h4,8-10,16-17,28H,1,5-7,11-15H2,2-3H3,(H2,24,29,30,31). The highest BCUT2D eigenvalue weighted by Crippen LogP contribution is 2.37. The third-order valence-corrected chi connectivity index (χ3v) is 6.77. The van der Waals surface area contributed by atoms with E-state index in [2.05, 4.69) is 62.1 Å². The average molecular weight is 572 g/mol. The molecular weight excluding hydrogens is 538 g/mol. The van der Waals surface area contributed by atoms with Gasteiger partial charge in [-0.2, -0.15) is 19.6 Å². The number of piperidine rings is 1. The van der Waals surface area contributed by atoms with Gasteiger partial charge < -0.3 is 20.3 Å². The van der Waals surface area contributed by atoms with Gasteiger partial charge in [0.1, 0.15) is 6.33 Å². The molecule has 16 nitrogen and oxygen atoms in total. The van der Waals surface area contributed by atoms with Crippen LogP contribution in [0.5, 0.6) is 0 Å². The smallest absolute Gasteiger partial charge is 0.287 e. The van der Waals surface area contributed by atoms with Crippen molar-refractivity contribution in [2.75, 3.05) is 55.4 Å². The van der Waals surface area contributed by atoms with Gasteiger partial charge in [-0.3, -0.25) is 0 Å². The first-order chi connectivity index (χ1) is 19.4. The Bertz CT molecular complexity index is 1390. The van der Waals surface area contributed by atoms with Crippen LogP contribution in [-0.2, 0) is 14.8 Å². The van der Waals surface area contributed by atoms with E-state index in [0.717, 1.165) is 37.8 Å². The number of azo groups is 1. The van der Waals surface area contributed by atoms with Crippen LogP contribution in [0, 0.1) is 0 Å². The van der Waals surface area contributed by atoms with Crippen molar-refractivity contribution in [3.05, 3.63) is 36.8 Å². The summed E-state index contributed by atoms with van der Waals surface area (Å²) in [6, 6.07) is 1.60. The van der Waals surface area contributed by atoms with Crippen molar-refractivity contribution in [1.29, 1.82) is 0 Å². The lowest BCUT2D eigenvalue weighted by atomic mass is 10.1. The molecule has 3 aromatic rings. The molecule has 1 aliphatic heterocycles. The zero-order valence-corrected chi connectivity index (χ0v) is 23.2. The zero-order valence-electron chi connectivity index (χ0n) is 22.4. The molecule has 4 heterocycles. The second-order valence-corrected chi connectivity index (χ2v) is 10.6. The summed E-state index contributed by atoms with van der Waals surface area (Å²) in [4.78, 5) is 24.0. The van der Waals surface area contributed by atoms with E-state index in [0.29, 0.717) is 35.8 Å². The quantitative estimate of drug-likeness (QED) is 0.189. The van der Waals surface area contributed by atoms with Crippen molar-refractivity contribution in [3.8, 4) is 5.95 Å². The van der Waals surface area contributed by atoms with Crippen LogP contribution < -0.4 is 20.3 Å². The summed E-state index contributed by atoms with van der Waals surface area (Å²) in [5.74, 6) is 1.81. The average Bonchev–Trinajstić information content (AvgIpc) is 3.45. The SMILES string of the molecule is C=CS(=O)(=O)NCCNc1nc(NC(C)COC)c(N=Nc2ncn(-c3ncccn3)n2)c(N2CCCCC2)n1. The summed E-state index contributed by atoms with van der Waals surface area (Å²) in [5, 5.41) is 20.4. The van der Waals surface area contributed by atoms with E-state index in [-0.39, 0.29) is 25.1 Å². The number of nitrogens with zero attached hydrogens (tertiary/aromatic N) is 10. The number of ether oxygens (including phenoxy) is 1. The maximum atomic E-state index is 11.7. The first-order valence-corrected chi connectivity index (χ1v) is 14.3. The number of anilines is 3. The summed E-state index contributed by atoms with van der Waals surface area (Å²) >= 11 is 0. The van der Waals surface area contributed by atoms with E-state index in [4.69, 9.17) is 9.72 Å². The fourth-order valence-corrected chi connectivity index (χ4v) is 4.40. The van der Waals surface area contributed by atoms with Gasteiger partial charge in [0, 0.05) is 57.1 Å². The lowest BCUT2D eigenvalue weighted by Gasteiger charge is -2.29. The lowest BCUT2D eigenvalue weighted by Crippen LogP contribution is -2.31. The molecule has 214 valence electrons. The Morgan fingerprint density at radius 3 is 2.62 bits per heavy atom. The lowest BCUT2D eigenvalue weighted by molar-refractivity contribution is 0.190. The van der Waals surface area contributed by atoms with E-state index in [9.17, 15) is 8.42 Å². The van der Waals surface area contributed by atoms with Crippen LogP contribution in [0.25, 0.3) is 5.95 Å². The molecular formula is C23H33N13O3S. The Labute approximate surface area is 232 Å². The fourth-order valence-electron chi connectivity index (χ4n) is 3.89. The molecule has 3 aromatic heterocycles. The van der Waals surface area contributed by atoms with Gasteiger partial charge in [-0.15, -0.1) is 15.3 Å². The number of methoxy groups -OCH3 is 1. The number of aromatic nitrogens is 7. The molecule has 17 heteroatoms. The minimum atomic E-state index is -3.54. The molecule has 0 spiro atoms. The second-order valence-electron chi connectivity index (χ2n) is 8.89. The van der Waals surface area contributed by atoms with Gasteiger partial charge in [-0.05, 0) is 32.3 Å². The van der Waals surface area contributed by atoms with Crippen LogP contribution in [0.15, 0.2) is 47.0 Å². The highest BCUT2D eigenvalue weighted by molar-refractivity contribution is 7.92. The first-order valence-electron chi connectivity index (χ1n) is 12.8. The van der Waals surface area contributed by atoms with E-state index >= 15 is 0 Å². The van der Waals surface area contributed by atoms with Crippen LogP contribution >= 0.6 is 0 Å². The predicted molar refractivity (Wildman–Crippen MR) is 150 cm³/mol. The summed E-state index contributed by atoms with van der Waals surface area (Å²) in [7, 11) is -1.92. The van der Waals surface area contributed by atoms with Crippen LogP contribution in [0.1, 0.15) is 26.2 Å². The third-order valence-electron chi connectivity index (χ3n) is 5.73. The summed E-state index contributed by atoms with van der Waals surface area (Å²) in [6.07, 6.45) is 7.83. The molecule has 1 saturated heterocycles. The molecule has 0 amide bonds. The van der Waals surface area contributed by atoms with Gasteiger partial charge in [-0.25, -0.2) is 23.1 Å². The maximum Gasteiger partial charge on any atom is 0.287 e. The maximum absolute atomic E-state index is 11.7.